The van der Waals surface area contributed by atoms with E-state index >= 15 is 0 Å². The molecule has 0 spiro atoms. The fraction of sp³-hybridized carbons (Fsp3) is 0.235. The van der Waals surface area contributed by atoms with Crippen LogP contribution in [0.4, 0.5) is 0 Å². The van der Waals surface area contributed by atoms with Crippen molar-refractivity contribution in [3.8, 4) is 11.4 Å². The minimum atomic E-state index is -1.09. The van der Waals surface area contributed by atoms with Crippen LogP contribution in [0.2, 0.25) is 5.02 Å². The van der Waals surface area contributed by atoms with Crippen molar-refractivity contribution in [1.82, 2.24) is 9.55 Å². The van der Waals surface area contributed by atoms with Crippen molar-refractivity contribution >= 4 is 39.1 Å². The van der Waals surface area contributed by atoms with Crippen molar-refractivity contribution in [2.45, 2.75) is 26.8 Å². The first-order valence-corrected chi connectivity index (χ1v) is 8.51. The molecule has 0 bridgehead atoms. The molecular formula is C17H15ClN2O3S. The molecule has 0 aliphatic heterocycles. The van der Waals surface area contributed by atoms with E-state index in [0.717, 1.165) is 10.4 Å². The summed E-state index contributed by atoms with van der Waals surface area (Å²) >= 11 is 7.36. The van der Waals surface area contributed by atoms with E-state index in [0.29, 0.717) is 26.6 Å². The lowest BCUT2D eigenvalue weighted by molar-refractivity contribution is -0.140. The summed E-state index contributed by atoms with van der Waals surface area (Å²) < 4.78 is 1.24. The van der Waals surface area contributed by atoms with Gasteiger partial charge in [-0.25, -0.2) is 9.78 Å². The molecule has 0 aliphatic carbocycles. The van der Waals surface area contributed by atoms with Crippen molar-refractivity contribution in [3.63, 3.8) is 0 Å². The van der Waals surface area contributed by atoms with E-state index < -0.39 is 12.0 Å². The summed E-state index contributed by atoms with van der Waals surface area (Å²) in [5, 5.41) is 10.5. The number of nitrogens with zero attached hydrogens (tertiary/aromatic N) is 2. The van der Waals surface area contributed by atoms with E-state index in [1.54, 1.807) is 24.3 Å². The van der Waals surface area contributed by atoms with Gasteiger partial charge in [0.05, 0.1) is 5.39 Å². The number of fused-ring (bicyclic) bond motifs is 1. The molecule has 0 amide bonds. The van der Waals surface area contributed by atoms with E-state index in [1.807, 2.05) is 13.8 Å². The van der Waals surface area contributed by atoms with Crippen LogP contribution >= 0.6 is 22.9 Å². The second kappa shape index (κ2) is 6.03. The fourth-order valence-corrected chi connectivity index (χ4v) is 3.72. The summed E-state index contributed by atoms with van der Waals surface area (Å²) in [5.41, 5.74) is 1.17. The van der Waals surface area contributed by atoms with Crippen LogP contribution < -0.4 is 5.56 Å². The summed E-state index contributed by atoms with van der Waals surface area (Å²) in [6, 6.07) is 5.81. The fourth-order valence-electron chi connectivity index (χ4n) is 2.58. The number of halogens is 1. The third kappa shape index (κ3) is 2.61. The van der Waals surface area contributed by atoms with Gasteiger partial charge in [0.2, 0.25) is 0 Å². The first kappa shape index (κ1) is 16.7. The van der Waals surface area contributed by atoms with Crippen LogP contribution in [0.15, 0.2) is 29.1 Å². The number of carbonyl (C=O) groups is 1. The van der Waals surface area contributed by atoms with Gasteiger partial charge in [0.1, 0.15) is 16.7 Å². The Morgan fingerprint density at radius 1 is 1.29 bits per heavy atom. The van der Waals surface area contributed by atoms with Gasteiger partial charge in [-0.15, -0.1) is 11.3 Å². The molecule has 2 heterocycles. The maximum atomic E-state index is 13.0. The number of rotatable bonds is 3. The lowest BCUT2D eigenvalue weighted by atomic mass is 10.1. The number of benzene rings is 1. The molecular weight excluding hydrogens is 348 g/mol. The standard InChI is InChI=1S/C17H15ClN2O3S/c1-8-10(3)24-15-13(8)16(21)20(9(2)17(22)23)14(19-15)11-4-6-12(18)7-5-11/h4-7,9H,1-3H3,(H,22,23). The number of aromatic nitrogens is 2. The summed E-state index contributed by atoms with van der Waals surface area (Å²) in [6.07, 6.45) is 0. The van der Waals surface area contributed by atoms with Gasteiger partial charge in [-0.2, -0.15) is 0 Å². The topological polar surface area (TPSA) is 72.2 Å². The van der Waals surface area contributed by atoms with Crippen LogP contribution in [0.5, 0.6) is 0 Å². The number of hydrogen-bond acceptors (Lipinski definition) is 4. The maximum Gasteiger partial charge on any atom is 0.326 e. The Balaban J connectivity index is 2.42. The van der Waals surface area contributed by atoms with Crippen LogP contribution in [0, 0.1) is 13.8 Å². The van der Waals surface area contributed by atoms with Crippen molar-refractivity contribution in [3.05, 3.63) is 50.1 Å². The highest BCUT2D eigenvalue weighted by Gasteiger charge is 2.24. The van der Waals surface area contributed by atoms with Gasteiger partial charge in [-0.3, -0.25) is 9.36 Å². The van der Waals surface area contributed by atoms with E-state index in [2.05, 4.69) is 4.98 Å². The van der Waals surface area contributed by atoms with Gasteiger partial charge in [0, 0.05) is 15.5 Å². The van der Waals surface area contributed by atoms with Crippen molar-refractivity contribution in [1.29, 1.82) is 0 Å². The molecule has 0 radical (unpaired) electrons. The Morgan fingerprint density at radius 3 is 2.50 bits per heavy atom. The Labute approximate surface area is 147 Å². The lowest BCUT2D eigenvalue weighted by Crippen LogP contribution is -2.30. The summed E-state index contributed by atoms with van der Waals surface area (Å²) in [6.45, 7) is 5.26. The van der Waals surface area contributed by atoms with Gasteiger partial charge >= 0.3 is 5.97 Å². The average Bonchev–Trinajstić information content (AvgIpc) is 2.82. The highest BCUT2D eigenvalue weighted by atomic mass is 35.5. The van der Waals surface area contributed by atoms with Crippen LogP contribution in [0.3, 0.4) is 0 Å². The highest BCUT2D eigenvalue weighted by molar-refractivity contribution is 7.18. The summed E-state index contributed by atoms with van der Waals surface area (Å²) in [7, 11) is 0. The first-order chi connectivity index (χ1) is 11.3. The second-order valence-corrected chi connectivity index (χ2v) is 7.23. The molecule has 0 aliphatic rings. The number of carboxylic acids is 1. The molecule has 3 rings (SSSR count). The van der Waals surface area contributed by atoms with E-state index in [-0.39, 0.29) is 5.56 Å². The zero-order chi connectivity index (χ0) is 17.6. The smallest absolute Gasteiger partial charge is 0.326 e. The van der Waals surface area contributed by atoms with Crippen molar-refractivity contribution in [2.75, 3.05) is 0 Å². The SMILES string of the molecule is Cc1sc2nc(-c3ccc(Cl)cc3)n(C(C)C(=O)O)c(=O)c2c1C. The van der Waals surface area contributed by atoms with Crippen LogP contribution in [-0.4, -0.2) is 20.6 Å². The van der Waals surface area contributed by atoms with Crippen LogP contribution in [0.1, 0.15) is 23.4 Å². The Kier molecular flexibility index (Phi) is 4.19. The molecule has 2 aromatic heterocycles. The summed E-state index contributed by atoms with van der Waals surface area (Å²) in [4.78, 5) is 30.7. The number of carboxylic acid groups (broad SMARTS) is 1. The Morgan fingerprint density at radius 2 is 1.92 bits per heavy atom. The molecule has 0 fully saturated rings. The predicted molar refractivity (Wildman–Crippen MR) is 96.1 cm³/mol. The monoisotopic (exact) mass is 362 g/mol. The van der Waals surface area contributed by atoms with Gasteiger partial charge in [0.15, 0.2) is 0 Å². The second-order valence-electron chi connectivity index (χ2n) is 5.60. The minimum absolute atomic E-state index is 0.332. The first-order valence-electron chi connectivity index (χ1n) is 7.32. The Bertz CT molecular complexity index is 1010. The molecule has 24 heavy (non-hydrogen) atoms. The zero-order valence-corrected chi connectivity index (χ0v) is 14.9. The number of hydrogen-bond donors (Lipinski definition) is 1. The van der Waals surface area contributed by atoms with Crippen molar-refractivity contribution in [2.24, 2.45) is 0 Å². The third-order valence-corrected chi connectivity index (χ3v) is 5.44. The van der Waals surface area contributed by atoms with Gasteiger partial charge in [-0.05, 0) is 50.6 Å². The number of thiophene rings is 1. The highest BCUT2D eigenvalue weighted by Crippen LogP contribution is 2.30. The Hall–Kier alpha value is -2.18. The van der Waals surface area contributed by atoms with Crippen LogP contribution in [0.25, 0.3) is 21.6 Å². The number of aliphatic carboxylic acids is 1. The van der Waals surface area contributed by atoms with Crippen LogP contribution in [-0.2, 0) is 4.79 Å². The molecule has 7 heteroatoms. The van der Waals surface area contributed by atoms with E-state index in [4.69, 9.17) is 11.6 Å². The normalized spacial score (nSPS) is 12.5. The predicted octanol–water partition coefficient (Wildman–Crippen LogP) is 4.04. The molecule has 3 aromatic rings. The molecule has 1 unspecified atom stereocenters. The van der Waals surface area contributed by atoms with E-state index in [9.17, 15) is 14.7 Å². The molecule has 1 N–H and O–H groups in total. The number of aryl methyl sites for hydroxylation is 2. The maximum absolute atomic E-state index is 13.0. The lowest BCUT2D eigenvalue weighted by Gasteiger charge is -2.16. The van der Waals surface area contributed by atoms with Gasteiger partial charge < -0.3 is 5.11 Å². The van der Waals surface area contributed by atoms with Crippen molar-refractivity contribution < 1.29 is 9.90 Å². The average molecular weight is 363 g/mol. The molecule has 0 saturated heterocycles. The van der Waals surface area contributed by atoms with E-state index in [1.165, 1.54) is 22.8 Å². The molecule has 1 atom stereocenters. The van der Waals surface area contributed by atoms with Gasteiger partial charge in [0.25, 0.3) is 5.56 Å². The molecule has 1 aromatic carbocycles. The minimum Gasteiger partial charge on any atom is -0.480 e. The third-order valence-electron chi connectivity index (χ3n) is 4.08. The largest absolute Gasteiger partial charge is 0.480 e. The van der Waals surface area contributed by atoms with Gasteiger partial charge in [-0.1, -0.05) is 11.6 Å². The quantitative estimate of drug-likeness (QED) is 0.763. The molecule has 5 nitrogen and oxygen atoms in total. The molecule has 0 saturated carbocycles. The summed E-state index contributed by atoms with van der Waals surface area (Å²) in [5.74, 6) is -0.751. The molecule has 124 valence electrons. The zero-order valence-electron chi connectivity index (χ0n) is 13.3.